The molecule has 1 aliphatic heterocycles. The van der Waals surface area contributed by atoms with E-state index in [1.54, 1.807) is 0 Å². The molecule has 2 aromatic rings. The first-order valence-corrected chi connectivity index (χ1v) is 10.6. The third-order valence-electron chi connectivity index (χ3n) is 4.16. The first-order chi connectivity index (χ1) is 12.3. The lowest BCUT2D eigenvalue weighted by molar-refractivity contribution is 0.0592. The highest BCUT2D eigenvalue weighted by atomic mass is 79.9. The van der Waals surface area contributed by atoms with Crippen molar-refractivity contribution in [2.45, 2.75) is 0 Å². The van der Waals surface area contributed by atoms with Gasteiger partial charge in [0, 0.05) is 29.3 Å². The van der Waals surface area contributed by atoms with E-state index in [0.717, 1.165) is 20.3 Å². The van der Waals surface area contributed by atoms with Gasteiger partial charge in [-0.25, -0.2) is 17.2 Å². The summed E-state index contributed by atoms with van der Waals surface area (Å²) in [4.78, 5) is 14.4. The summed E-state index contributed by atoms with van der Waals surface area (Å²) in [5.41, 5.74) is 2.02. The zero-order valence-corrected chi connectivity index (χ0v) is 16.8. The molecule has 1 aromatic heterocycles. The van der Waals surface area contributed by atoms with E-state index < -0.39 is 16.0 Å². The highest BCUT2D eigenvalue weighted by Crippen LogP contribution is 2.38. The molecular weight excluding hydrogens is 424 g/mol. The lowest BCUT2D eigenvalue weighted by Gasteiger charge is -2.30. The average Bonchev–Trinajstić information content (AvgIpc) is 3.03. The molecule has 0 aliphatic carbocycles. The number of esters is 1. The highest BCUT2D eigenvalue weighted by molar-refractivity contribution is 9.10. The quantitative estimate of drug-likeness (QED) is 0.676. The van der Waals surface area contributed by atoms with Gasteiger partial charge in [-0.1, -0.05) is 28.1 Å². The van der Waals surface area contributed by atoms with E-state index in [2.05, 4.69) is 15.9 Å². The molecular formula is C17H19BrN2O5S. The van der Waals surface area contributed by atoms with Crippen LogP contribution in [0.4, 0.5) is 5.69 Å². The normalized spacial score (nSPS) is 15.1. The first kappa shape index (κ1) is 18.9. The van der Waals surface area contributed by atoms with Crippen LogP contribution in [0.2, 0.25) is 0 Å². The monoisotopic (exact) mass is 442 g/mol. The van der Waals surface area contributed by atoms with Crippen LogP contribution < -0.4 is 4.90 Å². The van der Waals surface area contributed by atoms with Crippen LogP contribution in [-0.4, -0.2) is 58.0 Å². The van der Waals surface area contributed by atoms with E-state index >= 15 is 0 Å². The number of halogens is 1. The van der Waals surface area contributed by atoms with Crippen LogP contribution in [-0.2, 0) is 19.5 Å². The van der Waals surface area contributed by atoms with E-state index in [-0.39, 0.29) is 5.69 Å². The van der Waals surface area contributed by atoms with Gasteiger partial charge < -0.3 is 14.4 Å². The Balaban J connectivity index is 2.29. The summed E-state index contributed by atoms with van der Waals surface area (Å²) in [6.45, 7) is 2.12. The molecule has 0 spiro atoms. The summed E-state index contributed by atoms with van der Waals surface area (Å²) in [6.07, 6.45) is 2.55. The Kier molecular flexibility index (Phi) is 5.40. The summed E-state index contributed by atoms with van der Waals surface area (Å²) in [5.74, 6) is -0.694. The van der Waals surface area contributed by atoms with Gasteiger partial charge >= 0.3 is 5.97 Å². The maximum absolute atomic E-state index is 12.5. The Morgan fingerprint density at radius 1 is 1.19 bits per heavy atom. The van der Waals surface area contributed by atoms with Gasteiger partial charge in [-0.3, -0.25) is 0 Å². The summed E-state index contributed by atoms with van der Waals surface area (Å²) in [6, 6.07) is 7.48. The lowest BCUT2D eigenvalue weighted by atomic mass is 10.1. The van der Waals surface area contributed by atoms with Gasteiger partial charge in [0.05, 0.1) is 32.3 Å². The summed E-state index contributed by atoms with van der Waals surface area (Å²) in [7, 11) is -2.46. The fourth-order valence-electron chi connectivity index (χ4n) is 2.97. The zero-order chi connectivity index (χ0) is 18.9. The largest absolute Gasteiger partial charge is 0.464 e. The van der Waals surface area contributed by atoms with Gasteiger partial charge in [-0.2, -0.15) is 0 Å². The second-order valence-electron chi connectivity index (χ2n) is 5.90. The number of hydrogen-bond acceptors (Lipinski definition) is 6. The molecule has 7 nitrogen and oxygen atoms in total. The van der Waals surface area contributed by atoms with E-state index in [1.165, 1.54) is 13.3 Å². The minimum Gasteiger partial charge on any atom is -0.464 e. The Morgan fingerprint density at radius 2 is 1.81 bits per heavy atom. The molecule has 0 N–H and O–H groups in total. The molecule has 0 radical (unpaired) electrons. The number of nitrogens with zero attached hydrogens (tertiary/aromatic N) is 2. The smallest absolute Gasteiger partial charge is 0.357 e. The second kappa shape index (κ2) is 7.42. The molecule has 3 rings (SSSR count). The van der Waals surface area contributed by atoms with Crippen molar-refractivity contribution in [2.75, 3.05) is 44.6 Å². The van der Waals surface area contributed by atoms with Gasteiger partial charge in [0.2, 0.25) is 10.0 Å². The maximum Gasteiger partial charge on any atom is 0.357 e. The van der Waals surface area contributed by atoms with Crippen molar-refractivity contribution < 1.29 is 22.7 Å². The van der Waals surface area contributed by atoms with Crippen LogP contribution in [0.5, 0.6) is 0 Å². The molecule has 9 heteroatoms. The molecule has 0 atom stereocenters. The number of methoxy groups -OCH3 is 1. The molecule has 1 saturated heterocycles. The Morgan fingerprint density at radius 3 is 2.35 bits per heavy atom. The lowest BCUT2D eigenvalue weighted by Crippen LogP contribution is -2.37. The standard InChI is InChI=1S/C17H19BrN2O5S/c1-24-17(21)16-15(19-7-9-25-10-8-19)14(11-20(16)26(2,22)23)12-3-5-13(18)6-4-12/h3-6,11H,7-10H2,1-2H3. The van der Waals surface area contributed by atoms with Crippen LogP contribution in [0.15, 0.2) is 34.9 Å². The molecule has 0 bridgehead atoms. The van der Waals surface area contributed by atoms with Gasteiger partial charge in [0.25, 0.3) is 0 Å². The third-order valence-corrected chi connectivity index (χ3v) is 5.70. The van der Waals surface area contributed by atoms with E-state index in [9.17, 15) is 13.2 Å². The third kappa shape index (κ3) is 3.65. The van der Waals surface area contributed by atoms with Crippen molar-refractivity contribution in [3.8, 4) is 11.1 Å². The molecule has 1 fully saturated rings. The van der Waals surface area contributed by atoms with Gasteiger partial charge in [0.15, 0.2) is 5.69 Å². The molecule has 26 heavy (non-hydrogen) atoms. The SMILES string of the molecule is COC(=O)c1c(N2CCOCC2)c(-c2ccc(Br)cc2)cn1S(C)(=O)=O. The fraction of sp³-hybridized carbons (Fsp3) is 0.353. The van der Waals surface area contributed by atoms with Crippen molar-refractivity contribution >= 4 is 37.6 Å². The molecule has 140 valence electrons. The number of anilines is 1. The number of benzene rings is 1. The van der Waals surface area contributed by atoms with Crippen LogP contribution in [0.1, 0.15) is 10.5 Å². The Labute approximate surface area is 160 Å². The molecule has 1 aliphatic rings. The van der Waals surface area contributed by atoms with Gasteiger partial charge in [-0.05, 0) is 17.7 Å². The number of rotatable bonds is 4. The minimum atomic E-state index is -3.70. The predicted octanol–water partition coefficient (Wildman–Crippen LogP) is 2.35. The molecule has 1 aromatic carbocycles. The number of carbonyl (C=O) groups excluding carboxylic acids is 1. The van der Waals surface area contributed by atoms with Crippen molar-refractivity contribution in [1.82, 2.24) is 3.97 Å². The summed E-state index contributed by atoms with van der Waals surface area (Å²) < 4.78 is 36.8. The summed E-state index contributed by atoms with van der Waals surface area (Å²) >= 11 is 3.40. The van der Waals surface area contributed by atoms with Crippen LogP contribution in [0, 0.1) is 0 Å². The van der Waals surface area contributed by atoms with E-state index in [4.69, 9.17) is 9.47 Å². The van der Waals surface area contributed by atoms with E-state index in [1.807, 2.05) is 29.2 Å². The van der Waals surface area contributed by atoms with Gasteiger partial charge in [-0.15, -0.1) is 0 Å². The van der Waals surface area contributed by atoms with Crippen molar-refractivity contribution in [1.29, 1.82) is 0 Å². The summed E-state index contributed by atoms with van der Waals surface area (Å²) in [5, 5.41) is 0. The molecule has 0 saturated carbocycles. The number of carbonyl (C=O) groups is 1. The number of hydrogen-bond donors (Lipinski definition) is 0. The van der Waals surface area contributed by atoms with Crippen molar-refractivity contribution in [3.05, 3.63) is 40.6 Å². The van der Waals surface area contributed by atoms with Crippen LogP contribution in [0.3, 0.4) is 0 Å². The number of ether oxygens (including phenoxy) is 2. The van der Waals surface area contributed by atoms with Crippen LogP contribution >= 0.6 is 15.9 Å². The molecule has 0 unspecified atom stereocenters. The topological polar surface area (TPSA) is 77.8 Å². The Hall–Kier alpha value is -1.84. The van der Waals surface area contributed by atoms with Crippen molar-refractivity contribution in [2.24, 2.45) is 0 Å². The van der Waals surface area contributed by atoms with Crippen molar-refractivity contribution in [3.63, 3.8) is 0 Å². The van der Waals surface area contributed by atoms with E-state index in [0.29, 0.717) is 37.6 Å². The van der Waals surface area contributed by atoms with Gasteiger partial charge in [0.1, 0.15) is 0 Å². The maximum atomic E-state index is 12.5. The molecule has 2 heterocycles. The predicted molar refractivity (Wildman–Crippen MR) is 102 cm³/mol. The van der Waals surface area contributed by atoms with Crippen LogP contribution in [0.25, 0.3) is 11.1 Å². The highest BCUT2D eigenvalue weighted by Gasteiger charge is 2.31. The minimum absolute atomic E-state index is 0.00909. The fourth-order valence-corrected chi connectivity index (χ4v) is 4.02. The first-order valence-electron chi connectivity index (χ1n) is 7.95. The number of morpholine rings is 1. The number of aromatic nitrogens is 1. The second-order valence-corrected chi connectivity index (χ2v) is 8.67. The zero-order valence-electron chi connectivity index (χ0n) is 14.4. The Bertz CT molecular complexity index is 915. The average molecular weight is 443 g/mol. The molecule has 0 amide bonds.